The molecular weight excluding hydrogens is 164 g/mol. The zero-order valence-electron chi connectivity index (χ0n) is 6.54. The van der Waals surface area contributed by atoms with Gasteiger partial charge in [-0.1, -0.05) is 11.6 Å². The summed E-state index contributed by atoms with van der Waals surface area (Å²) in [5.74, 6) is 0. The maximum Gasteiger partial charge on any atom is 0.144 e. The van der Waals surface area contributed by atoms with Crippen LogP contribution < -0.4 is 5.73 Å². The van der Waals surface area contributed by atoms with Gasteiger partial charge in [0.05, 0.1) is 6.04 Å². The van der Waals surface area contributed by atoms with E-state index in [1.165, 1.54) is 12.8 Å². The minimum Gasteiger partial charge on any atom is -0.376 e. The standard InChI is InChI=1S/C7H15ClN2O/c8-7(11)6(9)5-10-3-1-2-4-10/h6-7,11H,1-5,9H2/t6-,7+/m1/s1. The van der Waals surface area contributed by atoms with Crippen molar-refractivity contribution in [2.45, 2.75) is 24.4 Å². The van der Waals surface area contributed by atoms with Crippen molar-refractivity contribution in [3.63, 3.8) is 0 Å². The second kappa shape index (κ2) is 4.26. The lowest BCUT2D eigenvalue weighted by molar-refractivity contribution is 0.190. The first kappa shape index (κ1) is 9.26. The molecule has 1 rings (SSSR count). The average molecular weight is 179 g/mol. The van der Waals surface area contributed by atoms with Gasteiger partial charge < -0.3 is 15.7 Å². The molecular formula is C7H15ClN2O. The van der Waals surface area contributed by atoms with Crippen LogP contribution in [0.15, 0.2) is 0 Å². The molecule has 4 heteroatoms. The van der Waals surface area contributed by atoms with Crippen LogP contribution in [-0.2, 0) is 0 Å². The van der Waals surface area contributed by atoms with Crippen LogP contribution >= 0.6 is 11.6 Å². The number of likely N-dealkylation sites (tertiary alicyclic amines) is 1. The minimum absolute atomic E-state index is 0.310. The van der Waals surface area contributed by atoms with Crippen LogP contribution in [0.5, 0.6) is 0 Å². The van der Waals surface area contributed by atoms with Crippen LogP contribution in [-0.4, -0.2) is 41.2 Å². The molecule has 1 saturated heterocycles. The molecule has 1 aliphatic rings. The summed E-state index contributed by atoms with van der Waals surface area (Å²) in [6, 6.07) is -0.310. The molecule has 3 N–H and O–H groups in total. The molecule has 0 bridgehead atoms. The lowest BCUT2D eigenvalue weighted by atomic mass is 10.3. The molecule has 1 aliphatic heterocycles. The topological polar surface area (TPSA) is 49.5 Å². The summed E-state index contributed by atoms with van der Waals surface area (Å²) < 4.78 is 0. The molecule has 0 saturated carbocycles. The Morgan fingerprint density at radius 1 is 1.45 bits per heavy atom. The van der Waals surface area contributed by atoms with E-state index >= 15 is 0 Å². The Hall–Kier alpha value is 0.170. The van der Waals surface area contributed by atoms with E-state index < -0.39 is 5.56 Å². The van der Waals surface area contributed by atoms with Crippen LogP contribution in [0.25, 0.3) is 0 Å². The van der Waals surface area contributed by atoms with Gasteiger partial charge in [-0.2, -0.15) is 0 Å². The van der Waals surface area contributed by atoms with Crippen LogP contribution in [0.2, 0.25) is 0 Å². The van der Waals surface area contributed by atoms with Gasteiger partial charge in [-0.25, -0.2) is 0 Å². The zero-order chi connectivity index (χ0) is 8.27. The van der Waals surface area contributed by atoms with E-state index in [9.17, 15) is 0 Å². The summed E-state index contributed by atoms with van der Waals surface area (Å²) in [5, 5.41) is 8.89. The number of aliphatic hydroxyl groups excluding tert-OH is 1. The summed E-state index contributed by atoms with van der Waals surface area (Å²) in [6.45, 7) is 2.90. The SMILES string of the molecule is N[C@H](CN1CCCC1)[C@H](O)Cl. The highest BCUT2D eigenvalue weighted by molar-refractivity contribution is 6.19. The Morgan fingerprint density at radius 3 is 2.45 bits per heavy atom. The zero-order valence-corrected chi connectivity index (χ0v) is 7.30. The predicted molar refractivity (Wildman–Crippen MR) is 45.5 cm³/mol. The van der Waals surface area contributed by atoms with E-state index in [0.29, 0.717) is 6.54 Å². The van der Waals surface area contributed by atoms with Gasteiger partial charge in [0.15, 0.2) is 0 Å². The average Bonchev–Trinajstić information content (AvgIpc) is 2.39. The van der Waals surface area contributed by atoms with Gasteiger partial charge in [-0.05, 0) is 25.9 Å². The third-order valence-electron chi connectivity index (χ3n) is 2.02. The van der Waals surface area contributed by atoms with Crippen molar-refractivity contribution in [1.82, 2.24) is 4.90 Å². The Balaban J connectivity index is 2.18. The number of hydrogen-bond acceptors (Lipinski definition) is 3. The molecule has 1 heterocycles. The number of aliphatic hydroxyl groups is 1. The number of halogens is 1. The van der Waals surface area contributed by atoms with E-state index in [-0.39, 0.29) is 6.04 Å². The minimum atomic E-state index is -0.907. The normalized spacial score (nSPS) is 25.4. The molecule has 0 aliphatic carbocycles. The maximum absolute atomic E-state index is 8.89. The quantitative estimate of drug-likeness (QED) is 0.597. The maximum atomic E-state index is 8.89. The van der Waals surface area contributed by atoms with Crippen LogP contribution in [0.4, 0.5) is 0 Å². The van der Waals surface area contributed by atoms with Gasteiger partial charge in [0, 0.05) is 6.54 Å². The molecule has 1 fully saturated rings. The summed E-state index contributed by atoms with van der Waals surface area (Å²) in [6.07, 6.45) is 2.48. The van der Waals surface area contributed by atoms with E-state index in [1.807, 2.05) is 0 Å². The summed E-state index contributed by atoms with van der Waals surface area (Å²) in [5.41, 5.74) is 4.67. The Labute approximate surface area is 72.1 Å². The van der Waals surface area contributed by atoms with Crippen molar-refractivity contribution in [2.24, 2.45) is 5.73 Å². The van der Waals surface area contributed by atoms with Crippen molar-refractivity contribution in [2.75, 3.05) is 19.6 Å². The van der Waals surface area contributed by atoms with Crippen LogP contribution in [0, 0.1) is 0 Å². The summed E-state index contributed by atoms with van der Waals surface area (Å²) in [4.78, 5) is 2.23. The lowest BCUT2D eigenvalue weighted by Crippen LogP contribution is -2.41. The first-order chi connectivity index (χ1) is 5.20. The number of nitrogens with two attached hydrogens (primary N) is 1. The Morgan fingerprint density at radius 2 is 2.00 bits per heavy atom. The molecule has 0 amide bonds. The van der Waals surface area contributed by atoms with Crippen molar-refractivity contribution in [1.29, 1.82) is 0 Å². The second-order valence-corrected chi connectivity index (χ2v) is 3.49. The molecule has 0 aromatic carbocycles. The molecule has 0 aromatic rings. The number of rotatable bonds is 3. The van der Waals surface area contributed by atoms with Gasteiger partial charge in [0.2, 0.25) is 0 Å². The summed E-state index contributed by atoms with van der Waals surface area (Å²) in [7, 11) is 0. The number of nitrogens with zero attached hydrogens (tertiary/aromatic N) is 1. The predicted octanol–water partition coefficient (Wildman–Crippen LogP) is -0.0333. The van der Waals surface area contributed by atoms with Crippen molar-refractivity contribution in [3.8, 4) is 0 Å². The molecule has 0 aromatic heterocycles. The molecule has 11 heavy (non-hydrogen) atoms. The first-order valence-electron chi connectivity index (χ1n) is 4.00. The second-order valence-electron chi connectivity index (χ2n) is 3.04. The molecule has 3 nitrogen and oxygen atoms in total. The van der Waals surface area contributed by atoms with E-state index in [2.05, 4.69) is 4.90 Å². The smallest absolute Gasteiger partial charge is 0.144 e. The van der Waals surface area contributed by atoms with Crippen molar-refractivity contribution in [3.05, 3.63) is 0 Å². The fraction of sp³-hybridized carbons (Fsp3) is 1.00. The fourth-order valence-electron chi connectivity index (χ4n) is 1.35. The number of hydrogen-bond donors (Lipinski definition) is 2. The monoisotopic (exact) mass is 178 g/mol. The first-order valence-corrected chi connectivity index (χ1v) is 4.44. The van der Waals surface area contributed by atoms with Crippen molar-refractivity contribution < 1.29 is 5.11 Å². The lowest BCUT2D eigenvalue weighted by Gasteiger charge is -2.20. The Bertz CT molecular complexity index is 115. The Kier molecular flexibility index (Phi) is 3.59. The van der Waals surface area contributed by atoms with Gasteiger partial charge in [-0.3, -0.25) is 0 Å². The summed E-state index contributed by atoms with van der Waals surface area (Å²) >= 11 is 5.41. The molecule has 0 spiro atoms. The third-order valence-corrected chi connectivity index (χ3v) is 2.34. The van der Waals surface area contributed by atoms with Gasteiger partial charge in [-0.15, -0.1) is 0 Å². The molecule has 0 unspecified atom stereocenters. The van der Waals surface area contributed by atoms with E-state index in [1.54, 1.807) is 0 Å². The largest absolute Gasteiger partial charge is 0.376 e. The third kappa shape index (κ3) is 2.95. The highest BCUT2D eigenvalue weighted by Gasteiger charge is 2.18. The van der Waals surface area contributed by atoms with Crippen molar-refractivity contribution >= 4 is 11.6 Å². The van der Waals surface area contributed by atoms with Gasteiger partial charge in [0.25, 0.3) is 0 Å². The highest BCUT2D eigenvalue weighted by Crippen LogP contribution is 2.08. The highest BCUT2D eigenvalue weighted by atomic mass is 35.5. The van der Waals surface area contributed by atoms with E-state index in [4.69, 9.17) is 22.4 Å². The van der Waals surface area contributed by atoms with Gasteiger partial charge >= 0.3 is 0 Å². The molecule has 66 valence electrons. The van der Waals surface area contributed by atoms with E-state index in [0.717, 1.165) is 13.1 Å². The van der Waals surface area contributed by atoms with Gasteiger partial charge in [0.1, 0.15) is 5.56 Å². The fourth-order valence-corrected chi connectivity index (χ4v) is 1.43. The van der Waals surface area contributed by atoms with Crippen LogP contribution in [0.1, 0.15) is 12.8 Å². The number of alkyl halides is 1. The van der Waals surface area contributed by atoms with Crippen LogP contribution in [0.3, 0.4) is 0 Å². The molecule has 0 radical (unpaired) electrons. The molecule has 2 atom stereocenters.